The van der Waals surface area contributed by atoms with Crippen molar-refractivity contribution in [2.24, 2.45) is 0 Å². The lowest BCUT2D eigenvalue weighted by atomic mass is 10.1. The third kappa shape index (κ3) is 3.09. The Hall–Kier alpha value is -1.84. The minimum absolute atomic E-state index is 0.0314. The molecule has 1 aliphatic rings. The molecule has 0 bridgehead atoms. The quantitative estimate of drug-likeness (QED) is 0.816. The Bertz CT molecular complexity index is 434. The zero-order valence-corrected chi connectivity index (χ0v) is 10.6. The first-order valence-electron chi connectivity index (χ1n) is 6.34. The van der Waals surface area contributed by atoms with Crippen molar-refractivity contribution in [1.82, 2.24) is 4.90 Å². The molecule has 0 spiro atoms. The maximum Gasteiger partial charge on any atom is 0.321 e. The Morgan fingerprint density at radius 3 is 2.22 bits per heavy atom. The third-order valence-corrected chi connectivity index (χ3v) is 3.19. The Morgan fingerprint density at radius 1 is 1.06 bits per heavy atom. The molecule has 0 saturated carbocycles. The minimum atomic E-state index is -0.0507. The lowest BCUT2D eigenvalue weighted by Crippen LogP contribution is -2.38. The summed E-state index contributed by atoms with van der Waals surface area (Å²) in [6.45, 7) is 3.19. The van der Waals surface area contributed by atoms with Crippen LogP contribution in [0.4, 0.5) is 10.5 Å². The van der Waals surface area contributed by atoms with Crippen LogP contribution in [0.3, 0.4) is 0 Å². The lowest BCUT2D eigenvalue weighted by Gasteiger charge is -2.26. The highest BCUT2D eigenvalue weighted by molar-refractivity contribution is 5.95. The van der Waals surface area contributed by atoms with Crippen LogP contribution < -0.4 is 5.32 Å². The standard InChI is InChI=1S/C14H18N2O2/c1-11(17)12-5-7-13(8-6-12)15-14(18)16-9-3-2-4-10-16/h5-8H,2-4,9-10H2,1H3,(H,15,18). The summed E-state index contributed by atoms with van der Waals surface area (Å²) in [5.74, 6) is 0.0314. The molecular weight excluding hydrogens is 228 g/mol. The second-order valence-electron chi connectivity index (χ2n) is 4.61. The van der Waals surface area contributed by atoms with Crippen molar-refractivity contribution >= 4 is 17.5 Å². The van der Waals surface area contributed by atoms with Crippen molar-refractivity contribution in [3.05, 3.63) is 29.8 Å². The van der Waals surface area contributed by atoms with E-state index in [0.717, 1.165) is 31.6 Å². The molecule has 2 rings (SSSR count). The van der Waals surface area contributed by atoms with Crippen molar-refractivity contribution in [1.29, 1.82) is 0 Å². The number of nitrogens with zero attached hydrogens (tertiary/aromatic N) is 1. The maximum absolute atomic E-state index is 11.9. The molecule has 1 saturated heterocycles. The highest BCUT2D eigenvalue weighted by Crippen LogP contribution is 2.13. The predicted octanol–water partition coefficient (Wildman–Crippen LogP) is 2.91. The van der Waals surface area contributed by atoms with Gasteiger partial charge in [-0.25, -0.2) is 4.79 Å². The third-order valence-electron chi connectivity index (χ3n) is 3.19. The van der Waals surface area contributed by atoms with Crippen LogP contribution in [-0.4, -0.2) is 29.8 Å². The van der Waals surface area contributed by atoms with Gasteiger partial charge in [0.05, 0.1) is 0 Å². The molecule has 1 aromatic rings. The number of nitrogens with one attached hydrogen (secondary N) is 1. The van der Waals surface area contributed by atoms with Gasteiger partial charge in [-0.1, -0.05) is 0 Å². The molecule has 1 heterocycles. The highest BCUT2D eigenvalue weighted by Gasteiger charge is 2.16. The summed E-state index contributed by atoms with van der Waals surface area (Å²) in [6, 6.07) is 6.93. The maximum atomic E-state index is 11.9. The Labute approximate surface area is 107 Å². The molecule has 96 valence electrons. The smallest absolute Gasteiger partial charge is 0.321 e. The van der Waals surface area contributed by atoms with Crippen molar-refractivity contribution in [2.75, 3.05) is 18.4 Å². The molecule has 18 heavy (non-hydrogen) atoms. The van der Waals surface area contributed by atoms with Crippen LogP contribution in [0.2, 0.25) is 0 Å². The Kier molecular flexibility index (Phi) is 3.97. The van der Waals surface area contributed by atoms with E-state index in [2.05, 4.69) is 5.32 Å². The molecule has 0 radical (unpaired) electrons. The van der Waals surface area contributed by atoms with E-state index in [0.29, 0.717) is 5.56 Å². The van der Waals surface area contributed by atoms with Crippen LogP contribution in [0, 0.1) is 0 Å². The number of hydrogen-bond acceptors (Lipinski definition) is 2. The SMILES string of the molecule is CC(=O)c1ccc(NC(=O)N2CCCCC2)cc1. The van der Waals surface area contributed by atoms with Crippen LogP contribution in [0.5, 0.6) is 0 Å². The average Bonchev–Trinajstić information content (AvgIpc) is 2.40. The molecule has 4 heteroatoms. The van der Waals surface area contributed by atoms with E-state index in [1.165, 1.54) is 13.3 Å². The molecule has 4 nitrogen and oxygen atoms in total. The second-order valence-corrected chi connectivity index (χ2v) is 4.61. The number of carbonyl (C=O) groups excluding carboxylic acids is 2. The van der Waals surface area contributed by atoms with E-state index < -0.39 is 0 Å². The van der Waals surface area contributed by atoms with Crippen molar-refractivity contribution in [3.63, 3.8) is 0 Å². The summed E-state index contributed by atoms with van der Waals surface area (Å²) in [7, 11) is 0. The van der Waals surface area contributed by atoms with Gasteiger partial charge in [0, 0.05) is 24.3 Å². The molecule has 1 aliphatic heterocycles. The van der Waals surface area contributed by atoms with E-state index in [-0.39, 0.29) is 11.8 Å². The average molecular weight is 246 g/mol. The first-order chi connectivity index (χ1) is 8.66. The van der Waals surface area contributed by atoms with Crippen LogP contribution in [0.15, 0.2) is 24.3 Å². The predicted molar refractivity (Wildman–Crippen MR) is 70.9 cm³/mol. The number of amides is 2. The van der Waals surface area contributed by atoms with E-state index in [1.807, 2.05) is 4.90 Å². The summed E-state index contributed by atoms with van der Waals surface area (Å²) >= 11 is 0. The number of benzene rings is 1. The van der Waals surface area contributed by atoms with Gasteiger partial charge in [0.1, 0.15) is 0 Å². The van der Waals surface area contributed by atoms with Crippen molar-refractivity contribution in [3.8, 4) is 0 Å². The number of rotatable bonds is 2. The first kappa shape index (κ1) is 12.6. The topological polar surface area (TPSA) is 49.4 Å². The number of urea groups is 1. The number of likely N-dealkylation sites (tertiary alicyclic amines) is 1. The van der Waals surface area contributed by atoms with Gasteiger partial charge in [-0.3, -0.25) is 4.79 Å². The van der Waals surface area contributed by atoms with Crippen LogP contribution in [-0.2, 0) is 0 Å². The summed E-state index contributed by atoms with van der Waals surface area (Å²) in [4.78, 5) is 24.9. The summed E-state index contributed by atoms with van der Waals surface area (Å²) in [5, 5.41) is 2.85. The molecule has 0 unspecified atom stereocenters. The van der Waals surface area contributed by atoms with Gasteiger partial charge in [-0.2, -0.15) is 0 Å². The number of carbonyl (C=O) groups is 2. The number of piperidine rings is 1. The molecule has 1 N–H and O–H groups in total. The van der Waals surface area contributed by atoms with Gasteiger partial charge in [0.15, 0.2) is 5.78 Å². The van der Waals surface area contributed by atoms with E-state index in [1.54, 1.807) is 24.3 Å². The zero-order chi connectivity index (χ0) is 13.0. The molecule has 1 fully saturated rings. The van der Waals surface area contributed by atoms with E-state index in [4.69, 9.17) is 0 Å². The molecule has 0 aromatic heterocycles. The normalized spacial score (nSPS) is 15.3. The van der Waals surface area contributed by atoms with Crippen molar-refractivity contribution in [2.45, 2.75) is 26.2 Å². The number of Topliss-reactive ketones (excluding diaryl/α,β-unsaturated/α-hetero) is 1. The minimum Gasteiger partial charge on any atom is -0.325 e. The van der Waals surface area contributed by atoms with Crippen molar-refractivity contribution < 1.29 is 9.59 Å². The molecule has 0 aliphatic carbocycles. The fraction of sp³-hybridized carbons (Fsp3) is 0.429. The van der Waals surface area contributed by atoms with Gasteiger partial charge >= 0.3 is 6.03 Å². The lowest BCUT2D eigenvalue weighted by molar-refractivity contribution is 0.101. The number of anilines is 1. The summed E-state index contributed by atoms with van der Waals surface area (Å²) in [5.41, 5.74) is 1.39. The number of hydrogen-bond donors (Lipinski definition) is 1. The van der Waals surface area contributed by atoms with Crippen LogP contribution in [0.25, 0.3) is 0 Å². The fourth-order valence-corrected chi connectivity index (χ4v) is 2.09. The van der Waals surface area contributed by atoms with Crippen LogP contribution in [0.1, 0.15) is 36.5 Å². The van der Waals surface area contributed by atoms with Gasteiger partial charge in [-0.05, 0) is 50.5 Å². The second kappa shape index (κ2) is 5.67. The van der Waals surface area contributed by atoms with Gasteiger partial charge < -0.3 is 10.2 Å². The van der Waals surface area contributed by atoms with Gasteiger partial charge in [0.2, 0.25) is 0 Å². The highest BCUT2D eigenvalue weighted by atomic mass is 16.2. The molecule has 0 atom stereocenters. The Morgan fingerprint density at radius 2 is 1.67 bits per heavy atom. The van der Waals surface area contributed by atoms with Crippen LogP contribution >= 0.6 is 0 Å². The summed E-state index contributed by atoms with van der Waals surface area (Å²) < 4.78 is 0. The first-order valence-corrected chi connectivity index (χ1v) is 6.34. The van der Waals surface area contributed by atoms with Gasteiger partial charge in [-0.15, -0.1) is 0 Å². The van der Waals surface area contributed by atoms with Gasteiger partial charge in [0.25, 0.3) is 0 Å². The fourth-order valence-electron chi connectivity index (χ4n) is 2.09. The van der Waals surface area contributed by atoms with E-state index in [9.17, 15) is 9.59 Å². The van der Waals surface area contributed by atoms with E-state index >= 15 is 0 Å². The largest absolute Gasteiger partial charge is 0.325 e. The Balaban J connectivity index is 1.96. The molecule has 1 aromatic carbocycles. The number of ketones is 1. The zero-order valence-electron chi connectivity index (χ0n) is 10.6. The molecular formula is C14H18N2O2. The monoisotopic (exact) mass is 246 g/mol. The summed E-state index contributed by atoms with van der Waals surface area (Å²) in [6.07, 6.45) is 3.37. The molecule has 2 amide bonds.